The van der Waals surface area contributed by atoms with Crippen molar-refractivity contribution in [2.75, 3.05) is 24.6 Å². The van der Waals surface area contributed by atoms with E-state index in [0.717, 1.165) is 44.3 Å². The highest BCUT2D eigenvalue weighted by molar-refractivity contribution is 8.00. The minimum Gasteiger partial charge on any atom is -0.471 e. The van der Waals surface area contributed by atoms with Crippen LogP contribution in [0.25, 0.3) is 11.2 Å². The molecule has 1 aromatic carbocycles. The molecule has 2 fully saturated rings. The number of nitrogens with one attached hydrogen (secondary N) is 6. The molecule has 2 aliphatic heterocycles. The van der Waals surface area contributed by atoms with Crippen molar-refractivity contribution >= 4 is 52.6 Å². The summed E-state index contributed by atoms with van der Waals surface area (Å²) in [7, 11) is 0. The number of fused-ring (bicyclic) bond motifs is 2. The van der Waals surface area contributed by atoms with Gasteiger partial charge in [-0.25, -0.2) is 9.78 Å². The number of H-pyrrole nitrogens is 1. The summed E-state index contributed by atoms with van der Waals surface area (Å²) in [6.07, 6.45) is 2.23. The Labute approximate surface area is 308 Å². The third kappa shape index (κ3) is 12.1. The van der Waals surface area contributed by atoms with Gasteiger partial charge in [-0.05, 0) is 43.2 Å². The lowest BCUT2D eigenvalue weighted by atomic mass is 10.0. The quantitative estimate of drug-likeness (QED) is 0.0659. The lowest BCUT2D eigenvalue weighted by molar-refractivity contribution is -0.173. The molecular weight excluding hydrogens is 717 g/mol. The zero-order valence-electron chi connectivity index (χ0n) is 29.2. The van der Waals surface area contributed by atoms with Gasteiger partial charge in [0.15, 0.2) is 11.2 Å². The van der Waals surface area contributed by atoms with Crippen molar-refractivity contribution in [3.8, 4) is 5.88 Å². The zero-order chi connectivity index (χ0) is 37.8. The molecule has 3 aromatic rings. The monoisotopic (exact) mass is 762 g/mol. The Morgan fingerprint density at radius 2 is 1.58 bits per heavy atom. The molecule has 3 atom stereocenters. The van der Waals surface area contributed by atoms with Crippen molar-refractivity contribution in [3.63, 3.8) is 0 Å². The first-order chi connectivity index (χ1) is 25.4. The zero-order valence-corrected chi connectivity index (χ0v) is 30.0. The Morgan fingerprint density at radius 1 is 0.887 bits per heavy atom. The van der Waals surface area contributed by atoms with Gasteiger partial charge in [0.1, 0.15) is 12.4 Å². The first kappa shape index (κ1) is 39.4. The average Bonchev–Trinajstić information content (AvgIpc) is 3.82. The van der Waals surface area contributed by atoms with Gasteiger partial charge < -0.3 is 42.0 Å². The van der Waals surface area contributed by atoms with Crippen molar-refractivity contribution in [1.82, 2.24) is 46.5 Å². The molecule has 8 N–H and O–H groups in total. The Bertz CT molecular complexity index is 1730. The van der Waals surface area contributed by atoms with Crippen LogP contribution < -0.4 is 37.1 Å². The lowest BCUT2D eigenvalue weighted by Crippen LogP contribution is -2.36. The van der Waals surface area contributed by atoms with E-state index < -0.39 is 12.1 Å². The fourth-order valence-corrected chi connectivity index (χ4v) is 7.64. The lowest BCUT2D eigenvalue weighted by Gasteiger charge is -2.16. The highest BCUT2D eigenvalue weighted by atomic mass is 32.2. The van der Waals surface area contributed by atoms with Crippen LogP contribution in [-0.2, 0) is 34.0 Å². The number of carbonyl (C=O) groups is 4. The van der Waals surface area contributed by atoms with Crippen LogP contribution in [0.3, 0.4) is 0 Å². The van der Waals surface area contributed by atoms with Crippen LogP contribution in [0.5, 0.6) is 5.88 Å². The van der Waals surface area contributed by atoms with Crippen molar-refractivity contribution in [2.45, 2.75) is 101 Å². The molecule has 4 heterocycles. The predicted octanol–water partition coefficient (Wildman–Crippen LogP) is 3.14. The number of ether oxygens (including phenoxy) is 1. The smallest absolute Gasteiger partial charge is 0.471 e. The molecular formula is C34H45F3N10O5S. The summed E-state index contributed by atoms with van der Waals surface area (Å²) in [5.74, 6) is -0.290. The molecule has 15 nitrogen and oxygen atoms in total. The van der Waals surface area contributed by atoms with Gasteiger partial charge in [0.05, 0.1) is 12.1 Å². The number of nitrogens with two attached hydrogens (primary N) is 1. The SMILES string of the molecule is Nc1nc(OCc2ccc(CNC(=O)C(F)(F)F)cc2)c2nc(CCCNC(=O)CCCCCNC(=O)CCCC[C@@H]3SC[C@@H]4NC(=O)N[C@@H]43)[nH]c2n1. The predicted molar refractivity (Wildman–Crippen MR) is 192 cm³/mol. The highest BCUT2D eigenvalue weighted by Gasteiger charge is 2.42. The van der Waals surface area contributed by atoms with E-state index in [1.165, 1.54) is 0 Å². The summed E-state index contributed by atoms with van der Waals surface area (Å²) in [5, 5.41) is 14.1. The van der Waals surface area contributed by atoms with E-state index in [1.54, 1.807) is 24.3 Å². The minimum atomic E-state index is -4.94. The second-order valence-electron chi connectivity index (χ2n) is 13.0. The van der Waals surface area contributed by atoms with Crippen molar-refractivity contribution in [3.05, 3.63) is 41.2 Å². The number of hydrogen-bond donors (Lipinski definition) is 7. The van der Waals surface area contributed by atoms with Gasteiger partial charge in [-0.15, -0.1) is 0 Å². The molecule has 53 heavy (non-hydrogen) atoms. The molecule has 2 aliphatic rings. The van der Waals surface area contributed by atoms with Crippen LogP contribution in [0.1, 0.15) is 74.7 Å². The van der Waals surface area contributed by atoms with Crippen LogP contribution in [0.2, 0.25) is 0 Å². The maximum Gasteiger partial charge on any atom is 0.471 e. The Hall–Kier alpha value is -4.81. The number of rotatable bonds is 20. The first-order valence-electron chi connectivity index (χ1n) is 17.7. The van der Waals surface area contributed by atoms with Gasteiger partial charge >= 0.3 is 18.1 Å². The van der Waals surface area contributed by atoms with E-state index in [9.17, 15) is 32.3 Å². The van der Waals surface area contributed by atoms with Crippen molar-refractivity contribution < 1.29 is 37.1 Å². The Morgan fingerprint density at radius 3 is 2.32 bits per heavy atom. The summed E-state index contributed by atoms with van der Waals surface area (Å²) >= 11 is 1.88. The summed E-state index contributed by atoms with van der Waals surface area (Å²) in [6, 6.07) is 6.82. The molecule has 2 aromatic heterocycles. The summed E-state index contributed by atoms with van der Waals surface area (Å²) in [4.78, 5) is 63.0. The van der Waals surface area contributed by atoms with Gasteiger partial charge in [0, 0.05) is 49.9 Å². The third-order valence-corrected chi connectivity index (χ3v) is 10.4. The van der Waals surface area contributed by atoms with E-state index in [2.05, 4.69) is 41.2 Å². The number of thioether (sulfide) groups is 1. The van der Waals surface area contributed by atoms with Crippen LogP contribution in [0, 0.1) is 0 Å². The average molecular weight is 763 g/mol. The largest absolute Gasteiger partial charge is 0.471 e. The van der Waals surface area contributed by atoms with Crippen molar-refractivity contribution in [1.29, 1.82) is 0 Å². The maximum atomic E-state index is 12.4. The molecule has 288 valence electrons. The normalized spacial score (nSPS) is 17.9. The molecule has 0 saturated carbocycles. The number of imidazole rings is 1. The number of aromatic amines is 1. The molecule has 0 aliphatic carbocycles. The number of unbranched alkanes of at least 4 members (excludes halogenated alkanes) is 3. The third-order valence-electron chi connectivity index (χ3n) is 8.88. The number of benzene rings is 1. The molecule has 0 bridgehead atoms. The van der Waals surface area contributed by atoms with E-state index in [1.807, 2.05) is 17.1 Å². The van der Waals surface area contributed by atoms with Gasteiger partial charge in [-0.2, -0.15) is 34.9 Å². The molecule has 2 saturated heterocycles. The Balaban J connectivity index is 0.909. The van der Waals surface area contributed by atoms with E-state index in [4.69, 9.17) is 10.5 Å². The molecule has 0 spiro atoms. The summed E-state index contributed by atoms with van der Waals surface area (Å²) in [6.45, 7) is 0.863. The number of anilines is 1. The van der Waals surface area contributed by atoms with Gasteiger partial charge in [-0.3, -0.25) is 14.4 Å². The van der Waals surface area contributed by atoms with Crippen LogP contribution in [-0.4, -0.2) is 86.0 Å². The minimum absolute atomic E-state index is 0.0173. The van der Waals surface area contributed by atoms with Crippen LogP contribution >= 0.6 is 11.8 Å². The van der Waals surface area contributed by atoms with E-state index in [-0.39, 0.29) is 54.9 Å². The summed E-state index contributed by atoms with van der Waals surface area (Å²) < 4.78 is 43.0. The molecule has 19 heteroatoms. The van der Waals surface area contributed by atoms with Crippen LogP contribution in [0.4, 0.5) is 23.9 Å². The number of alkyl halides is 3. The summed E-state index contributed by atoms with van der Waals surface area (Å²) in [5.41, 5.74) is 7.83. The molecule has 5 amide bonds. The number of carbonyl (C=O) groups excluding carboxylic acids is 4. The number of aromatic nitrogens is 4. The number of nitrogens with zero attached hydrogens (tertiary/aromatic N) is 3. The first-order valence-corrected chi connectivity index (χ1v) is 18.8. The number of aryl methyl sites for hydroxylation is 1. The van der Waals surface area contributed by atoms with E-state index in [0.29, 0.717) is 72.1 Å². The topological polar surface area (TPSA) is 218 Å². The van der Waals surface area contributed by atoms with Gasteiger partial charge in [0.2, 0.25) is 23.6 Å². The highest BCUT2D eigenvalue weighted by Crippen LogP contribution is 2.33. The van der Waals surface area contributed by atoms with E-state index >= 15 is 0 Å². The second-order valence-corrected chi connectivity index (χ2v) is 14.3. The standard InChI is InChI=1S/C34H45F3N10O5S/c35-34(36,37)31(50)41-17-20-11-13-21(14-12-20)18-52-30-28-29(46-32(38)47-30)44-24(43-28)8-6-16-40-25(48)9-2-1-5-15-39-26(49)10-4-3-7-23-27-22(19-53-23)42-33(51)45-27/h11-14,22-23,27H,1-10,15-19H2,(H,39,49)(H,40,48)(H,41,50)(H2,42,45,51)(H3,38,43,44,46,47)/t22-,23-,27-/m0/s1. The van der Waals surface area contributed by atoms with Gasteiger partial charge in [-0.1, -0.05) is 37.1 Å². The maximum absolute atomic E-state index is 12.4. The molecule has 0 unspecified atom stereocenters. The van der Waals surface area contributed by atoms with Crippen LogP contribution in [0.15, 0.2) is 24.3 Å². The second kappa shape index (κ2) is 18.8. The number of urea groups is 1. The molecule has 5 rings (SSSR count). The number of halogens is 3. The number of amides is 5. The van der Waals surface area contributed by atoms with Crippen molar-refractivity contribution in [2.24, 2.45) is 0 Å². The van der Waals surface area contributed by atoms with Gasteiger partial charge in [0.25, 0.3) is 0 Å². The number of nitrogen functional groups attached to an aromatic ring is 1. The molecule has 0 radical (unpaired) electrons. The Kier molecular flexibility index (Phi) is 14.0. The number of hydrogen-bond acceptors (Lipinski definition) is 10. The fraction of sp³-hybridized carbons (Fsp3) is 0.559. The fourth-order valence-electron chi connectivity index (χ4n) is 6.09.